The molecule has 2 aromatic carbocycles. The summed E-state index contributed by atoms with van der Waals surface area (Å²) in [6.45, 7) is 5.00. The van der Waals surface area contributed by atoms with E-state index in [0.717, 1.165) is 18.4 Å². The number of carbonyl (C=O) groups excluding carboxylic acids is 2. The number of hydrogen-bond donors (Lipinski definition) is 0. The van der Waals surface area contributed by atoms with E-state index >= 15 is 0 Å². The topological polar surface area (TPSA) is 77.5 Å². The van der Waals surface area contributed by atoms with E-state index in [1.165, 1.54) is 18.1 Å². The number of unbranched alkanes of at least 4 members (excludes halogenated alkanes) is 1. The van der Waals surface area contributed by atoms with Gasteiger partial charge < -0.3 is 18.9 Å². The van der Waals surface area contributed by atoms with Crippen LogP contribution in [-0.4, -0.2) is 50.6 Å². The van der Waals surface area contributed by atoms with Gasteiger partial charge in [-0.1, -0.05) is 13.3 Å². The number of hydrogen-bond acceptors (Lipinski definition) is 6. The largest absolute Gasteiger partial charge is 0.493 e. The van der Waals surface area contributed by atoms with Gasteiger partial charge in [0.2, 0.25) is 0 Å². The first-order valence-corrected chi connectivity index (χ1v) is 13.6. The van der Waals surface area contributed by atoms with Crippen LogP contribution in [0.1, 0.15) is 68.3 Å². The predicted molar refractivity (Wildman–Crippen MR) is 144 cm³/mol. The zero-order chi connectivity index (χ0) is 32.1. The van der Waals surface area contributed by atoms with Crippen molar-refractivity contribution in [2.75, 3.05) is 32.3 Å². The van der Waals surface area contributed by atoms with Crippen molar-refractivity contribution in [1.82, 2.24) is 4.90 Å². The fourth-order valence-electron chi connectivity index (χ4n) is 4.93. The zero-order valence-corrected chi connectivity index (χ0v) is 24.4. The van der Waals surface area contributed by atoms with Gasteiger partial charge in [0, 0.05) is 24.2 Å². The third-order valence-electron chi connectivity index (χ3n) is 6.94. The smallest absolute Gasteiger partial charge is 0.416 e. The third kappa shape index (κ3) is 7.77. The van der Waals surface area contributed by atoms with Crippen molar-refractivity contribution in [3.63, 3.8) is 0 Å². The average Bonchev–Trinajstić information content (AvgIpc) is 2.94. The molecule has 0 saturated carbocycles. The van der Waals surface area contributed by atoms with Gasteiger partial charge in [0.05, 0.1) is 50.3 Å². The summed E-state index contributed by atoms with van der Waals surface area (Å²) in [6.07, 6.45) is -10.2. The predicted octanol–water partition coefficient (Wildman–Crippen LogP) is 7.98. The molecule has 1 aliphatic rings. The summed E-state index contributed by atoms with van der Waals surface area (Å²) in [6, 6.07) is 2.66. The number of ether oxygens (including phenoxy) is 4. The summed E-state index contributed by atoms with van der Waals surface area (Å²) in [7, 11) is 2.45. The number of fused-ring (bicyclic) bond motifs is 1. The van der Waals surface area contributed by atoms with Crippen molar-refractivity contribution in [2.24, 2.45) is 0 Å². The Morgan fingerprint density at radius 1 is 0.953 bits per heavy atom. The molecule has 2 atom stereocenters. The number of amides is 2. The van der Waals surface area contributed by atoms with Gasteiger partial charge in [-0.05, 0) is 56.5 Å². The maximum Gasteiger partial charge on any atom is 0.416 e. The van der Waals surface area contributed by atoms with Crippen molar-refractivity contribution in [2.45, 2.75) is 71.0 Å². The lowest BCUT2D eigenvalue weighted by Gasteiger charge is -2.42. The van der Waals surface area contributed by atoms with Gasteiger partial charge in [-0.3, -0.25) is 9.80 Å². The van der Waals surface area contributed by atoms with Gasteiger partial charge in [-0.2, -0.15) is 26.3 Å². The Kier molecular flexibility index (Phi) is 10.7. The van der Waals surface area contributed by atoms with E-state index in [-0.39, 0.29) is 36.3 Å². The van der Waals surface area contributed by atoms with E-state index < -0.39 is 59.9 Å². The van der Waals surface area contributed by atoms with Gasteiger partial charge in [0.15, 0.2) is 11.5 Å². The first-order chi connectivity index (χ1) is 20.2. The molecule has 0 bridgehead atoms. The lowest BCUT2D eigenvalue weighted by molar-refractivity contribution is -0.143. The van der Waals surface area contributed by atoms with Gasteiger partial charge in [0.25, 0.3) is 0 Å². The highest BCUT2D eigenvalue weighted by molar-refractivity contribution is 5.91. The number of anilines is 1. The van der Waals surface area contributed by atoms with Crippen molar-refractivity contribution < 1.29 is 54.9 Å². The van der Waals surface area contributed by atoms with Crippen LogP contribution in [0.2, 0.25) is 0 Å². The van der Waals surface area contributed by atoms with E-state index in [9.17, 15) is 35.9 Å². The molecule has 0 N–H and O–H groups in total. The van der Waals surface area contributed by atoms with Crippen LogP contribution >= 0.6 is 0 Å². The molecule has 0 unspecified atom stereocenters. The zero-order valence-electron chi connectivity index (χ0n) is 24.4. The number of rotatable bonds is 9. The first kappa shape index (κ1) is 33.7. The fraction of sp³-hybridized carbons (Fsp3) is 0.517. The molecule has 0 spiro atoms. The average molecular weight is 621 g/mol. The molecule has 2 aromatic rings. The summed E-state index contributed by atoms with van der Waals surface area (Å²) < 4.78 is 103. The molecule has 1 heterocycles. The minimum absolute atomic E-state index is 0.0212. The van der Waals surface area contributed by atoms with Crippen molar-refractivity contribution in [1.29, 1.82) is 0 Å². The van der Waals surface area contributed by atoms with E-state index in [1.54, 1.807) is 19.9 Å². The first-order valence-electron chi connectivity index (χ1n) is 13.6. The van der Waals surface area contributed by atoms with Crippen molar-refractivity contribution in [3.8, 4) is 11.5 Å². The summed E-state index contributed by atoms with van der Waals surface area (Å²) in [5.74, 6) is 0.552. The highest BCUT2D eigenvalue weighted by Gasteiger charge is 2.41. The molecule has 8 nitrogen and oxygen atoms in total. The van der Waals surface area contributed by atoms with Gasteiger partial charge in [-0.15, -0.1) is 0 Å². The maximum atomic E-state index is 13.6. The van der Waals surface area contributed by atoms with E-state index in [0.29, 0.717) is 30.7 Å². The highest BCUT2D eigenvalue weighted by atomic mass is 19.4. The van der Waals surface area contributed by atoms with Crippen molar-refractivity contribution in [3.05, 3.63) is 52.6 Å². The summed E-state index contributed by atoms with van der Waals surface area (Å²) in [4.78, 5) is 28.5. The van der Waals surface area contributed by atoms with Crippen LogP contribution in [0.3, 0.4) is 0 Å². The fourth-order valence-corrected chi connectivity index (χ4v) is 4.93. The Morgan fingerprint density at radius 3 is 2.09 bits per heavy atom. The molecule has 0 fully saturated rings. The number of methoxy groups -OCH3 is 2. The monoisotopic (exact) mass is 620 g/mol. The summed E-state index contributed by atoms with van der Waals surface area (Å²) in [5, 5.41) is 0. The summed E-state index contributed by atoms with van der Waals surface area (Å²) in [5.41, 5.74) is -2.82. The van der Waals surface area contributed by atoms with Crippen LogP contribution in [0.4, 0.5) is 41.6 Å². The number of halogens is 6. The Labute approximate surface area is 245 Å². The SMILES string of the molecule is CCCCOc1cc2c(cc1OC)N(C(=O)OCC)[C@@H](C)C[C@H]2N(Cc1cc(C(F)(F)F)cc(C(F)(F)F)c1)C(=O)OC. The lowest BCUT2D eigenvalue weighted by Crippen LogP contribution is -2.47. The molecule has 0 radical (unpaired) electrons. The number of nitrogens with zero attached hydrogens (tertiary/aromatic N) is 2. The van der Waals surface area contributed by atoms with E-state index in [4.69, 9.17) is 18.9 Å². The second-order valence-corrected chi connectivity index (χ2v) is 9.95. The Morgan fingerprint density at radius 2 is 1.58 bits per heavy atom. The number of benzene rings is 2. The molecular weight excluding hydrogens is 586 g/mol. The summed E-state index contributed by atoms with van der Waals surface area (Å²) >= 11 is 0. The molecule has 43 heavy (non-hydrogen) atoms. The quantitative estimate of drug-likeness (QED) is 0.209. The van der Waals surface area contributed by atoms with Crippen LogP contribution in [0, 0.1) is 0 Å². The van der Waals surface area contributed by atoms with Crippen LogP contribution in [0.25, 0.3) is 0 Å². The molecule has 238 valence electrons. The highest BCUT2D eigenvalue weighted by Crippen LogP contribution is 2.47. The van der Waals surface area contributed by atoms with Crippen LogP contribution in [0.15, 0.2) is 30.3 Å². The molecule has 3 rings (SSSR count). The van der Waals surface area contributed by atoms with E-state index in [1.807, 2.05) is 6.92 Å². The molecule has 1 aliphatic heterocycles. The maximum absolute atomic E-state index is 13.6. The molecule has 2 amide bonds. The normalized spacial score (nSPS) is 16.8. The second kappa shape index (κ2) is 13.6. The lowest BCUT2D eigenvalue weighted by atomic mass is 9.90. The molecule has 0 saturated heterocycles. The second-order valence-electron chi connectivity index (χ2n) is 9.95. The Hall–Kier alpha value is -3.84. The molecule has 0 aromatic heterocycles. The van der Waals surface area contributed by atoms with Crippen LogP contribution < -0.4 is 14.4 Å². The standard InChI is InChI=1S/C29H34F6N2O6/c1-6-8-9-43-25-14-21-22(10-17(3)37(27(39)42-7-2)23(21)15-24(25)40-4)36(26(38)41-5)16-18-11-19(28(30,31)32)13-20(12-18)29(33,34)35/h11-15,17,22H,6-10,16H2,1-5H3/t17-,22+/m0/s1. The minimum Gasteiger partial charge on any atom is -0.493 e. The Bertz CT molecular complexity index is 1270. The van der Waals surface area contributed by atoms with Crippen LogP contribution in [0.5, 0.6) is 11.5 Å². The van der Waals surface area contributed by atoms with Crippen molar-refractivity contribution >= 4 is 17.9 Å². The van der Waals surface area contributed by atoms with E-state index in [2.05, 4.69) is 0 Å². The van der Waals surface area contributed by atoms with Crippen LogP contribution in [-0.2, 0) is 28.4 Å². The number of carbonyl (C=O) groups is 2. The minimum atomic E-state index is -5.07. The molecule has 14 heteroatoms. The van der Waals surface area contributed by atoms with Gasteiger partial charge in [-0.25, -0.2) is 9.59 Å². The molecular formula is C29H34F6N2O6. The Balaban J connectivity index is 2.21. The molecule has 0 aliphatic carbocycles. The van der Waals surface area contributed by atoms with Gasteiger partial charge >= 0.3 is 24.5 Å². The van der Waals surface area contributed by atoms with Gasteiger partial charge in [0.1, 0.15) is 0 Å². The third-order valence-corrected chi connectivity index (χ3v) is 6.94. The number of alkyl halides is 6.